The average molecular weight is 374 g/mol. The van der Waals surface area contributed by atoms with Crippen LogP contribution in [-0.4, -0.2) is 15.4 Å². The van der Waals surface area contributed by atoms with Gasteiger partial charge in [-0.3, -0.25) is 9.72 Å². The van der Waals surface area contributed by atoms with Crippen LogP contribution in [0.3, 0.4) is 0 Å². The van der Waals surface area contributed by atoms with Gasteiger partial charge >= 0.3 is 6.03 Å². The third-order valence-electron chi connectivity index (χ3n) is 4.52. The van der Waals surface area contributed by atoms with Crippen LogP contribution in [-0.2, 0) is 0 Å². The van der Waals surface area contributed by atoms with Gasteiger partial charge < -0.3 is 5.32 Å². The molecule has 2 N–H and O–H groups in total. The van der Waals surface area contributed by atoms with Crippen molar-refractivity contribution in [3.8, 4) is 11.3 Å². The molecule has 0 unspecified atom stereocenters. The number of urea groups is 1. The molecule has 0 aliphatic heterocycles. The van der Waals surface area contributed by atoms with E-state index in [9.17, 15) is 9.18 Å². The summed E-state index contributed by atoms with van der Waals surface area (Å²) in [6.07, 6.45) is 1.82. The molecule has 4 rings (SSSR count). The lowest BCUT2D eigenvalue weighted by atomic mass is 10.1. The van der Waals surface area contributed by atoms with Crippen LogP contribution < -0.4 is 10.6 Å². The number of halogens is 1. The lowest BCUT2D eigenvalue weighted by Crippen LogP contribution is -2.21. The number of pyridine rings is 1. The van der Waals surface area contributed by atoms with Gasteiger partial charge in [-0.2, -0.15) is 0 Å². The number of nitrogens with zero attached hydrogens (tertiary/aromatic N) is 2. The normalized spacial score (nSPS) is 10.8. The molecule has 0 bridgehead atoms. The Morgan fingerprint density at radius 1 is 1.00 bits per heavy atom. The fourth-order valence-electron chi connectivity index (χ4n) is 3.06. The largest absolute Gasteiger partial charge is 0.324 e. The van der Waals surface area contributed by atoms with Crippen LogP contribution >= 0.6 is 0 Å². The highest BCUT2D eigenvalue weighted by molar-refractivity contribution is 6.02. The summed E-state index contributed by atoms with van der Waals surface area (Å²) in [6, 6.07) is 17.1. The summed E-state index contributed by atoms with van der Waals surface area (Å²) in [6.45, 7) is 3.91. The predicted octanol–water partition coefficient (Wildman–Crippen LogP) is 5.40. The number of amides is 2. The lowest BCUT2D eigenvalue weighted by Gasteiger charge is -2.12. The average Bonchev–Trinajstić information content (AvgIpc) is 3.04. The molecule has 0 saturated carbocycles. The van der Waals surface area contributed by atoms with Gasteiger partial charge in [0.1, 0.15) is 23.0 Å². The van der Waals surface area contributed by atoms with E-state index in [-0.39, 0.29) is 11.8 Å². The quantitative estimate of drug-likeness (QED) is 0.504. The van der Waals surface area contributed by atoms with Crippen LogP contribution in [0.1, 0.15) is 11.1 Å². The van der Waals surface area contributed by atoms with E-state index >= 15 is 0 Å². The van der Waals surface area contributed by atoms with Crippen LogP contribution in [0.25, 0.3) is 16.9 Å². The number of anilines is 2. The van der Waals surface area contributed by atoms with Gasteiger partial charge in [-0.1, -0.05) is 18.2 Å². The monoisotopic (exact) mass is 374 g/mol. The number of nitrogens with one attached hydrogen (secondary N) is 2. The van der Waals surface area contributed by atoms with E-state index in [4.69, 9.17) is 0 Å². The van der Waals surface area contributed by atoms with Crippen molar-refractivity contribution in [3.63, 3.8) is 0 Å². The molecular weight excluding hydrogens is 355 g/mol. The number of rotatable bonds is 3. The first-order valence-corrected chi connectivity index (χ1v) is 8.89. The van der Waals surface area contributed by atoms with Gasteiger partial charge in [0.25, 0.3) is 0 Å². The Balaban J connectivity index is 1.71. The minimum absolute atomic E-state index is 0.324. The van der Waals surface area contributed by atoms with Crippen LogP contribution in [0.2, 0.25) is 0 Å². The van der Waals surface area contributed by atoms with Crippen molar-refractivity contribution >= 4 is 23.2 Å². The second-order valence-electron chi connectivity index (χ2n) is 6.64. The summed E-state index contributed by atoms with van der Waals surface area (Å²) in [5.41, 5.74) is 4.74. The molecule has 2 heterocycles. The molecule has 5 nitrogen and oxygen atoms in total. The molecule has 0 atom stereocenters. The zero-order chi connectivity index (χ0) is 19.7. The Morgan fingerprint density at radius 2 is 1.79 bits per heavy atom. The summed E-state index contributed by atoms with van der Waals surface area (Å²) in [5, 5.41) is 5.79. The molecule has 0 aliphatic carbocycles. The summed E-state index contributed by atoms with van der Waals surface area (Å²) in [7, 11) is 0. The van der Waals surface area contributed by atoms with E-state index in [1.54, 1.807) is 16.5 Å². The first-order chi connectivity index (χ1) is 13.5. The second kappa shape index (κ2) is 7.15. The second-order valence-corrected chi connectivity index (χ2v) is 6.64. The Labute approximate surface area is 161 Å². The topological polar surface area (TPSA) is 58.4 Å². The van der Waals surface area contributed by atoms with Crippen molar-refractivity contribution in [2.24, 2.45) is 0 Å². The molecule has 0 fully saturated rings. The number of imidazole rings is 1. The van der Waals surface area contributed by atoms with Crippen molar-refractivity contribution in [1.82, 2.24) is 9.38 Å². The maximum absolute atomic E-state index is 13.3. The van der Waals surface area contributed by atoms with E-state index < -0.39 is 0 Å². The lowest BCUT2D eigenvalue weighted by molar-refractivity contribution is 0.262. The van der Waals surface area contributed by atoms with Crippen molar-refractivity contribution in [2.75, 3.05) is 10.6 Å². The Hall–Kier alpha value is -3.67. The number of aromatic nitrogens is 2. The Morgan fingerprint density at radius 3 is 2.57 bits per heavy atom. The van der Waals surface area contributed by atoms with Crippen LogP contribution in [0.5, 0.6) is 0 Å². The molecule has 4 aromatic rings. The highest BCUT2D eigenvalue weighted by Gasteiger charge is 2.17. The maximum Gasteiger partial charge on any atom is 0.324 e. The number of hydrogen-bond acceptors (Lipinski definition) is 2. The number of aryl methyl sites for hydroxylation is 2. The van der Waals surface area contributed by atoms with Gasteiger partial charge in [0, 0.05) is 17.4 Å². The van der Waals surface area contributed by atoms with E-state index in [1.165, 1.54) is 12.1 Å². The molecule has 140 valence electrons. The van der Waals surface area contributed by atoms with Crippen molar-refractivity contribution in [1.29, 1.82) is 0 Å². The zero-order valence-electron chi connectivity index (χ0n) is 15.5. The SMILES string of the molecule is Cc1ccc(C)c(NC(=O)Nc2c(-c3ccc(F)cc3)nc3ccccn23)c1. The summed E-state index contributed by atoms with van der Waals surface area (Å²) >= 11 is 0. The summed E-state index contributed by atoms with van der Waals surface area (Å²) in [5.74, 6) is 0.194. The fourth-order valence-corrected chi connectivity index (χ4v) is 3.06. The third-order valence-corrected chi connectivity index (χ3v) is 4.52. The number of carbonyl (C=O) groups is 1. The Kier molecular flexibility index (Phi) is 4.53. The zero-order valence-corrected chi connectivity index (χ0v) is 15.5. The number of fused-ring (bicyclic) bond motifs is 1. The van der Waals surface area contributed by atoms with Crippen molar-refractivity contribution in [2.45, 2.75) is 13.8 Å². The van der Waals surface area contributed by atoms with E-state index in [0.29, 0.717) is 22.7 Å². The molecule has 2 aromatic heterocycles. The summed E-state index contributed by atoms with van der Waals surface area (Å²) in [4.78, 5) is 17.3. The molecule has 28 heavy (non-hydrogen) atoms. The minimum atomic E-state index is -0.372. The van der Waals surface area contributed by atoms with Crippen LogP contribution in [0.15, 0.2) is 66.9 Å². The highest BCUT2D eigenvalue weighted by Crippen LogP contribution is 2.29. The first-order valence-electron chi connectivity index (χ1n) is 8.89. The molecule has 0 saturated heterocycles. The molecule has 2 aromatic carbocycles. The molecule has 0 radical (unpaired) electrons. The molecule has 6 heteroatoms. The van der Waals surface area contributed by atoms with E-state index in [0.717, 1.165) is 16.8 Å². The van der Waals surface area contributed by atoms with Gasteiger partial charge in [0.2, 0.25) is 0 Å². The maximum atomic E-state index is 13.3. The van der Waals surface area contributed by atoms with Crippen LogP contribution in [0.4, 0.5) is 20.7 Å². The smallest absolute Gasteiger partial charge is 0.307 e. The molecule has 2 amide bonds. The van der Waals surface area contributed by atoms with Crippen molar-refractivity contribution in [3.05, 3.63) is 83.8 Å². The van der Waals surface area contributed by atoms with Gasteiger partial charge in [-0.25, -0.2) is 14.2 Å². The predicted molar refractivity (Wildman–Crippen MR) is 109 cm³/mol. The minimum Gasteiger partial charge on any atom is -0.307 e. The molecule has 0 spiro atoms. The number of carbonyl (C=O) groups excluding carboxylic acids is 1. The summed E-state index contributed by atoms with van der Waals surface area (Å²) < 4.78 is 15.1. The Bertz CT molecular complexity index is 1170. The molecule has 0 aliphatic rings. The van der Waals surface area contributed by atoms with Crippen LogP contribution in [0, 0.1) is 19.7 Å². The van der Waals surface area contributed by atoms with Gasteiger partial charge in [-0.15, -0.1) is 0 Å². The van der Waals surface area contributed by atoms with Crippen molar-refractivity contribution < 1.29 is 9.18 Å². The van der Waals surface area contributed by atoms with Gasteiger partial charge in [0.05, 0.1) is 0 Å². The van der Waals surface area contributed by atoms with E-state index in [1.807, 2.05) is 56.4 Å². The van der Waals surface area contributed by atoms with E-state index in [2.05, 4.69) is 15.6 Å². The highest BCUT2D eigenvalue weighted by atomic mass is 19.1. The first kappa shape index (κ1) is 17.7. The number of benzene rings is 2. The fraction of sp³-hybridized carbons (Fsp3) is 0.0909. The standard InChI is InChI=1S/C22H19FN4O/c1-14-6-7-15(2)18(13-14)24-22(28)26-21-20(16-8-10-17(23)11-9-16)25-19-5-3-4-12-27(19)21/h3-13H,1-2H3,(H2,24,26,28). The van der Waals surface area contributed by atoms with Gasteiger partial charge in [-0.05, 0) is 67.4 Å². The number of hydrogen-bond donors (Lipinski definition) is 2. The van der Waals surface area contributed by atoms with Gasteiger partial charge in [0.15, 0.2) is 0 Å². The molecular formula is C22H19FN4O. The third kappa shape index (κ3) is 3.44.